The maximum absolute atomic E-state index is 11.8. The number of rotatable bonds is 3. The summed E-state index contributed by atoms with van der Waals surface area (Å²) >= 11 is 0. The van der Waals surface area contributed by atoms with Crippen molar-refractivity contribution in [1.29, 1.82) is 0 Å². The zero-order chi connectivity index (χ0) is 14.5. The van der Waals surface area contributed by atoms with Crippen molar-refractivity contribution in [2.24, 2.45) is 5.73 Å². The number of piperidine rings is 1. The largest absolute Gasteiger partial charge is 0.326 e. The summed E-state index contributed by atoms with van der Waals surface area (Å²) in [6.45, 7) is 0.433. The van der Waals surface area contributed by atoms with Crippen LogP contribution in [-0.4, -0.2) is 23.9 Å². The molecule has 0 aliphatic carbocycles. The van der Waals surface area contributed by atoms with Gasteiger partial charge >= 0.3 is 6.03 Å². The summed E-state index contributed by atoms with van der Waals surface area (Å²) in [4.78, 5) is 34.2. The maximum Gasteiger partial charge on any atom is 0.319 e. The van der Waals surface area contributed by atoms with Gasteiger partial charge in [0, 0.05) is 18.7 Å². The van der Waals surface area contributed by atoms with Crippen molar-refractivity contribution < 1.29 is 14.4 Å². The van der Waals surface area contributed by atoms with E-state index in [1.165, 1.54) is 0 Å². The number of hydrogen-bond donors (Lipinski definition) is 4. The van der Waals surface area contributed by atoms with Crippen LogP contribution < -0.4 is 21.7 Å². The molecule has 1 heterocycles. The van der Waals surface area contributed by atoms with E-state index < -0.39 is 18.0 Å². The molecule has 1 aromatic rings. The summed E-state index contributed by atoms with van der Waals surface area (Å²) in [5.74, 6) is -0.791. The van der Waals surface area contributed by atoms with E-state index in [2.05, 4.69) is 16.0 Å². The third-order valence-electron chi connectivity index (χ3n) is 2.99. The molecule has 1 fully saturated rings. The summed E-state index contributed by atoms with van der Waals surface area (Å²) in [7, 11) is 0. The summed E-state index contributed by atoms with van der Waals surface area (Å²) in [6, 6.07) is 5.90. The van der Waals surface area contributed by atoms with Gasteiger partial charge in [0.05, 0.1) is 0 Å². The van der Waals surface area contributed by atoms with Gasteiger partial charge in [-0.1, -0.05) is 12.1 Å². The molecule has 5 N–H and O–H groups in total. The van der Waals surface area contributed by atoms with Crippen LogP contribution >= 0.6 is 0 Å². The van der Waals surface area contributed by atoms with Gasteiger partial charge in [-0.3, -0.25) is 14.9 Å². The third-order valence-corrected chi connectivity index (χ3v) is 2.99. The fourth-order valence-corrected chi connectivity index (χ4v) is 1.88. The second-order valence-electron chi connectivity index (χ2n) is 4.50. The van der Waals surface area contributed by atoms with E-state index in [0.717, 1.165) is 5.56 Å². The summed E-state index contributed by atoms with van der Waals surface area (Å²) < 4.78 is 0. The average molecular weight is 276 g/mol. The second-order valence-corrected chi connectivity index (χ2v) is 4.50. The van der Waals surface area contributed by atoms with Gasteiger partial charge in [0.2, 0.25) is 11.8 Å². The van der Waals surface area contributed by atoms with Crippen LogP contribution in [0.5, 0.6) is 0 Å². The fraction of sp³-hybridized carbons (Fsp3) is 0.308. The molecule has 4 amide bonds. The lowest BCUT2D eigenvalue weighted by atomic mass is 10.1. The van der Waals surface area contributed by atoms with Crippen LogP contribution in [0.4, 0.5) is 10.5 Å². The van der Waals surface area contributed by atoms with Gasteiger partial charge < -0.3 is 16.4 Å². The molecule has 0 radical (unpaired) electrons. The number of benzene rings is 1. The lowest BCUT2D eigenvalue weighted by molar-refractivity contribution is -0.134. The Kier molecular flexibility index (Phi) is 4.31. The van der Waals surface area contributed by atoms with Crippen molar-refractivity contribution in [3.05, 3.63) is 29.8 Å². The van der Waals surface area contributed by atoms with Crippen molar-refractivity contribution in [1.82, 2.24) is 10.6 Å². The van der Waals surface area contributed by atoms with Crippen LogP contribution in [0.2, 0.25) is 0 Å². The van der Waals surface area contributed by atoms with Crippen molar-refractivity contribution in [3.63, 3.8) is 0 Å². The van der Waals surface area contributed by atoms with Gasteiger partial charge in [-0.05, 0) is 24.1 Å². The number of nitrogens with one attached hydrogen (secondary N) is 3. The molecule has 0 bridgehead atoms. The van der Waals surface area contributed by atoms with Gasteiger partial charge in [0.15, 0.2) is 0 Å². The molecule has 0 aromatic heterocycles. The zero-order valence-corrected chi connectivity index (χ0v) is 10.8. The van der Waals surface area contributed by atoms with E-state index in [-0.39, 0.29) is 12.3 Å². The lowest BCUT2D eigenvalue weighted by Crippen LogP contribution is -2.53. The minimum atomic E-state index is -0.684. The monoisotopic (exact) mass is 276 g/mol. The van der Waals surface area contributed by atoms with Crippen LogP contribution in [0, 0.1) is 0 Å². The predicted molar refractivity (Wildman–Crippen MR) is 72.7 cm³/mol. The molecule has 2 rings (SSSR count). The Morgan fingerprint density at radius 1 is 1.30 bits per heavy atom. The van der Waals surface area contributed by atoms with E-state index in [1.54, 1.807) is 12.1 Å². The Hall–Kier alpha value is -2.41. The SMILES string of the molecule is NCc1ccc(NC(=O)NC2CCC(=O)NC2=O)cc1. The van der Waals surface area contributed by atoms with Crippen LogP contribution in [0.3, 0.4) is 0 Å². The van der Waals surface area contributed by atoms with Crippen molar-refractivity contribution in [3.8, 4) is 0 Å². The molecule has 7 heteroatoms. The molecule has 1 atom stereocenters. The first kappa shape index (κ1) is 14.0. The highest BCUT2D eigenvalue weighted by atomic mass is 16.2. The van der Waals surface area contributed by atoms with E-state index in [1.807, 2.05) is 12.1 Å². The molecule has 106 valence electrons. The number of carbonyl (C=O) groups is 3. The normalized spacial score (nSPS) is 18.4. The molecule has 7 nitrogen and oxygen atoms in total. The Morgan fingerprint density at radius 2 is 2.00 bits per heavy atom. The fourth-order valence-electron chi connectivity index (χ4n) is 1.88. The van der Waals surface area contributed by atoms with E-state index in [0.29, 0.717) is 18.7 Å². The van der Waals surface area contributed by atoms with Gasteiger partial charge in [0.1, 0.15) is 6.04 Å². The van der Waals surface area contributed by atoms with Crippen LogP contribution in [0.15, 0.2) is 24.3 Å². The van der Waals surface area contributed by atoms with E-state index >= 15 is 0 Å². The first-order chi connectivity index (χ1) is 9.58. The van der Waals surface area contributed by atoms with Gasteiger partial charge in [-0.25, -0.2) is 4.79 Å². The minimum absolute atomic E-state index is 0.224. The van der Waals surface area contributed by atoms with Crippen LogP contribution in [-0.2, 0) is 16.1 Å². The predicted octanol–water partition coefficient (Wildman–Crippen LogP) is 0.0720. The van der Waals surface area contributed by atoms with Gasteiger partial charge in [0.25, 0.3) is 0 Å². The molecule has 20 heavy (non-hydrogen) atoms. The Balaban J connectivity index is 1.88. The quantitative estimate of drug-likeness (QED) is 0.585. The first-order valence-corrected chi connectivity index (χ1v) is 6.28. The highest BCUT2D eigenvalue weighted by molar-refractivity contribution is 6.02. The minimum Gasteiger partial charge on any atom is -0.326 e. The number of nitrogens with two attached hydrogens (primary N) is 1. The maximum atomic E-state index is 11.8. The molecule has 1 unspecified atom stereocenters. The highest BCUT2D eigenvalue weighted by Gasteiger charge is 2.27. The Labute approximate surface area is 115 Å². The van der Waals surface area contributed by atoms with Crippen molar-refractivity contribution >= 4 is 23.5 Å². The molecule has 1 aliphatic heterocycles. The third kappa shape index (κ3) is 3.55. The van der Waals surface area contributed by atoms with Gasteiger partial charge in [-0.2, -0.15) is 0 Å². The van der Waals surface area contributed by atoms with E-state index in [4.69, 9.17) is 5.73 Å². The van der Waals surface area contributed by atoms with Crippen LogP contribution in [0.1, 0.15) is 18.4 Å². The number of imide groups is 1. The molecule has 1 aliphatic rings. The molecular weight excluding hydrogens is 260 g/mol. The molecular formula is C13H16N4O3. The lowest BCUT2D eigenvalue weighted by Gasteiger charge is -2.21. The smallest absolute Gasteiger partial charge is 0.319 e. The first-order valence-electron chi connectivity index (χ1n) is 6.28. The number of hydrogen-bond acceptors (Lipinski definition) is 4. The highest BCUT2D eigenvalue weighted by Crippen LogP contribution is 2.09. The van der Waals surface area contributed by atoms with Crippen molar-refractivity contribution in [2.45, 2.75) is 25.4 Å². The van der Waals surface area contributed by atoms with Gasteiger partial charge in [-0.15, -0.1) is 0 Å². The average Bonchev–Trinajstić information content (AvgIpc) is 2.43. The Bertz CT molecular complexity index is 527. The van der Waals surface area contributed by atoms with E-state index in [9.17, 15) is 14.4 Å². The second kappa shape index (κ2) is 6.16. The Morgan fingerprint density at radius 3 is 2.60 bits per heavy atom. The van der Waals surface area contributed by atoms with Crippen LogP contribution in [0.25, 0.3) is 0 Å². The topological polar surface area (TPSA) is 113 Å². The number of amides is 4. The molecule has 1 saturated heterocycles. The van der Waals surface area contributed by atoms with Crippen molar-refractivity contribution in [2.75, 3.05) is 5.32 Å². The summed E-state index contributed by atoms with van der Waals surface area (Å²) in [5, 5.41) is 7.32. The summed E-state index contributed by atoms with van der Waals surface area (Å²) in [5.41, 5.74) is 7.04. The number of carbonyl (C=O) groups excluding carboxylic acids is 3. The number of anilines is 1. The standard InChI is InChI=1S/C13H16N4O3/c14-7-8-1-3-9(4-2-8)15-13(20)16-10-5-6-11(18)17-12(10)19/h1-4,10H,5-7,14H2,(H2,15,16,20)(H,17,18,19). The zero-order valence-electron chi connectivity index (χ0n) is 10.8. The molecule has 0 saturated carbocycles. The number of urea groups is 1. The molecule has 0 spiro atoms. The molecule has 1 aromatic carbocycles. The summed E-state index contributed by atoms with van der Waals surface area (Å²) in [6.07, 6.45) is 0.534.